The van der Waals surface area contributed by atoms with Gasteiger partial charge >= 0.3 is 5.97 Å². The number of carbonyl (C=O) groups is 1. The third kappa shape index (κ3) is 3.49. The molecule has 3 aliphatic rings. The number of hydrogen-bond donors (Lipinski definition) is 0. The van der Waals surface area contributed by atoms with Crippen LogP contribution in [0.4, 0.5) is 5.69 Å². The quantitative estimate of drug-likeness (QED) is 0.670. The largest absolute Gasteiger partial charge is 0.495 e. The molecule has 0 amide bonds. The standard InChI is InChI=1S/C23H34N2O3/c1-4-23(5-2)12-19(28-22(23)26)10-11-24-13-17-15-25(16-18(17)14-24)20-8-6-7-9-21(20)27-3/h6-9,17-19H,4-5,10-16H2,1-3H3. The number of rotatable bonds is 7. The monoisotopic (exact) mass is 386 g/mol. The molecule has 5 heteroatoms. The van der Waals surface area contributed by atoms with Crippen molar-refractivity contribution >= 4 is 11.7 Å². The molecule has 3 fully saturated rings. The first kappa shape index (κ1) is 19.6. The molecule has 4 rings (SSSR count). The number of anilines is 1. The maximum Gasteiger partial charge on any atom is 0.312 e. The van der Waals surface area contributed by atoms with Gasteiger partial charge in [-0.2, -0.15) is 0 Å². The van der Waals surface area contributed by atoms with Gasteiger partial charge in [-0.05, 0) is 43.2 Å². The highest BCUT2D eigenvalue weighted by atomic mass is 16.6. The van der Waals surface area contributed by atoms with Crippen LogP contribution in [0, 0.1) is 17.3 Å². The van der Waals surface area contributed by atoms with Gasteiger partial charge in [-0.25, -0.2) is 0 Å². The average Bonchev–Trinajstić information content (AvgIpc) is 3.37. The molecule has 0 bridgehead atoms. The summed E-state index contributed by atoms with van der Waals surface area (Å²) in [6.07, 6.45) is 3.78. The smallest absolute Gasteiger partial charge is 0.312 e. The van der Waals surface area contributed by atoms with Crippen molar-refractivity contribution in [1.29, 1.82) is 0 Å². The lowest BCUT2D eigenvalue weighted by Gasteiger charge is -2.25. The fraction of sp³-hybridized carbons (Fsp3) is 0.696. The molecule has 0 N–H and O–H groups in total. The van der Waals surface area contributed by atoms with E-state index in [1.54, 1.807) is 7.11 Å². The number of methoxy groups -OCH3 is 1. The second kappa shape index (κ2) is 7.94. The third-order valence-corrected chi connectivity index (χ3v) is 7.43. The van der Waals surface area contributed by atoms with E-state index < -0.39 is 0 Å². The fourth-order valence-corrected chi connectivity index (χ4v) is 5.51. The first-order valence-electron chi connectivity index (χ1n) is 10.9. The minimum Gasteiger partial charge on any atom is -0.495 e. The SMILES string of the molecule is CCC1(CC)CC(CCN2CC3CN(c4ccccc4OC)CC3C2)OC1=O. The predicted molar refractivity (Wildman–Crippen MR) is 111 cm³/mol. The molecule has 3 atom stereocenters. The number of para-hydroxylation sites is 2. The molecule has 1 aromatic rings. The van der Waals surface area contributed by atoms with E-state index in [9.17, 15) is 4.79 Å². The zero-order chi connectivity index (χ0) is 19.7. The molecule has 28 heavy (non-hydrogen) atoms. The van der Waals surface area contributed by atoms with Crippen LogP contribution in [-0.4, -0.2) is 56.8 Å². The molecule has 0 radical (unpaired) electrons. The zero-order valence-electron chi connectivity index (χ0n) is 17.5. The van der Waals surface area contributed by atoms with Gasteiger partial charge in [0.1, 0.15) is 11.9 Å². The summed E-state index contributed by atoms with van der Waals surface area (Å²) in [6, 6.07) is 8.33. The van der Waals surface area contributed by atoms with Crippen LogP contribution in [0.15, 0.2) is 24.3 Å². The Kier molecular flexibility index (Phi) is 5.55. The van der Waals surface area contributed by atoms with Crippen molar-refractivity contribution in [3.8, 4) is 5.75 Å². The van der Waals surface area contributed by atoms with E-state index in [0.717, 1.165) is 76.0 Å². The predicted octanol–water partition coefficient (Wildman–Crippen LogP) is 3.58. The van der Waals surface area contributed by atoms with Gasteiger partial charge in [0, 0.05) is 39.1 Å². The van der Waals surface area contributed by atoms with Gasteiger partial charge < -0.3 is 19.3 Å². The Bertz CT molecular complexity index is 689. The molecule has 3 unspecified atom stereocenters. The van der Waals surface area contributed by atoms with E-state index in [1.807, 2.05) is 12.1 Å². The number of nitrogens with zero attached hydrogens (tertiary/aromatic N) is 2. The van der Waals surface area contributed by atoms with Crippen molar-refractivity contribution in [2.24, 2.45) is 17.3 Å². The first-order chi connectivity index (χ1) is 13.6. The van der Waals surface area contributed by atoms with E-state index in [1.165, 1.54) is 5.69 Å². The fourth-order valence-electron chi connectivity index (χ4n) is 5.51. The number of fused-ring (bicyclic) bond motifs is 1. The van der Waals surface area contributed by atoms with Crippen molar-refractivity contribution in [2.45, 2.75) is 45.6 Å². The van der Waals surface area contributed by atoms with Crippen molar-refractivity contribution in [2.75, 3.05) is 44.7 Å². The van der Waals surface area contributed by atoms with Crippen molar-refractivity contribution < 1.29 is 14.3 Å². The maximum absolute atomic E-state index is 12.3. The van der Waals surface area contributed by atoms with Crippen LogP contribution in [-0.2, 0) is 9.53 Å². The first-order valence-corrected chi connectivity index (χ1v) is 10.9. The molecule has 3 heterocycles. The third-order valence-electron chi connectivity index (χ3n) is 7.43. The van der Waals surface area contributed by atoms with E-state index in [4.69, 9.17) is 9.47 Å². The Morgan fingerprint density at radius 2 is 1.79 bits per heavy atom. The highest BCUT2D eigenvalue weighted by molar-refractivity contribution is 5.78. The van der Waals surface area contributed by atoms with Crippen molar-refractivity contribution in [1.82, 2.24) is 4.90 Å². The summed E-state index contributed by atoms with van der Waals surface area (Å²) in [5.74, 6) is 2.45. The van der Waals surface area contributed by atoms with E-state index >= 15 is 0 Å². The number of ether oxygens (including phenoxy) is 2. The van der Waals surface area contributed by atoms with Gasteiger partial charge in [-0.3, -0.25) is 4.79 Å². The minimum absolute atomic E-state index is 0.0354. The van der Waals surface area contributed by atoms with Crippen molar-refractivity contribution in [3.63, 3.8) is 0 Å². The Hall–Kier alpha value is -1.75. The number of likely N-dealkylation sites (tertiary alicyclic amines) is 1. The van der Waals surface area contributed by atoms with Gasteiger partial charge in [0.25, 0.3) is 0 Å². The maximum atomic E-state index is 12.3. The summed E-state index contributed by atoms with van der Waals surface area (Å²) in [7, 11) is 1.75. The minimum atomic E-state index is -0.221. The van der Waals surface area contributed by atoms with Crippen LogP contribution >= 0.6 is 0 Å². The van der Waals surface area contributed by atoms with E-state index in [-0.39, 0.29) is 17.5 Å². The highest BCUT2D eigenvalue weighted by Crippen LogP contribution is 2.42. The summed E-state index contributed by atoms with van der Waals surface area (Å²) in [5.41, 5.74) is 1.00. The zero-order valence-corrected chi connectivity index (χ0v) is 17.5. The number of cyclic esters (lactones) is 1. The summed E-state index contributed by atoms with van der Waals surface area (Å²) in [5, 5.41) is 0. The summed E-state index contributed by atoms with van der Waals surface area (Å²) >= 11 is 0. The van der Waals surface area contributed by atoms with Crippen LogP contribution in [0.5, 0.6) is 5.75 Å². The second-order valence-corrected chi connectivity index (χ2v) is 8.86. The van der Waals surface area contributed by atoms with Crippen LogP contribution in [0.25, 0.3) is 0 Å². The summed E-state index contributed by atoms with van der Waals surface area (Å²) in [4.78, 5) is 17.4. The molecule has 3 aliphatic heterocycles. The van der Waals surface area contributed by atoms with Crippen LogP contribution in [0.2, 0.25) is 0 Å². The van der Waals surface area contributed by atoms with Crippen LogP contribution < -0.4 is 9.64 Å². The Balaban J connectivity index is 1.28. The van der Waals surface area contributed by atoms with Gasteiger partial charge in [0.2, 0.25) is 0 Å². The average molecular weight is 387 g/mol. The molecule has 3 saturated heterocycles. The summed E-state index contributed by atoms with van der Waals surface area (Å²) < 4.78 is 11.3. The molecule has 0 aliphatic carbocycles. The normalized spacial score (nSPS) is 29.2. The molecule has 0 spiro atoms. The lowest BCUT2D eigenvalue weighted by molar-refractivity contribution is -0.149. The Labute approximate surface area is 169 Å². The number of esters is 1. The topological polar surface area (TPSA) is 42.0 Å². The molecule has 0 saturated carbocycles. The van der Waals surface area contributed by atoms with E-state index in [0.29, 0.717) is 0 Å². The second-order valence-electron chi connectivity index (χ2n) is 8.86. The van der Waals surface area contributed by atoms with E-state index in [2.05, 4.69) is 35.8 Å². The molecule has 1 aromatic carbocycles. The number of carbonyl (C=O) groups excluding carboxylic acids is 1. The van der Waals surface area contributed by atoms with Gasteiger partial charge in [-0.15, -0.1) is 0 Å². The molecule has 154 valence electrons. The van der Waals surface area contributed by atoms with Gasteiger partial charge in [0.05, 0.1) is 18.2 Å². The van der Waals surface area contributed by atoms with Crippen LogP contribution in [0.3, 0.4) is 0 Å². The number of hydrogen-bond acceptors (Lipinski definition) is 5. The highest BCUT2D eigenvalue weighted by Gasteiger charge is 2.46. The molecule has 0 aromatic heterocycles. The Morgan fingerprint density at radius 3 is 2.39 bits per heavy atom. The van der Waals surface area contributed by atoms with Crippen LogP contribution in [0.1, 0.15) is 39.5 Å². The molecular weight excluding hydrogens is 352 g/mol. The Morgan fingerprint density at radius 1 is 1.11 bits per heavy atom. The number of benzene rings is 1. The summed E-state index contributed by atoms with van der Waals surface area (Å²) in [6.45, 7) is 9.80. The van der Waals surface area contributed by atoms with Crippen molar-refractivity contribution in [3.05, 3.63) is 24.3 Å². The molecule has 5 nitrogen and oxygen atoms in total. The van der Waals surface area contributed by atoms with Gasteiger partial charge in [-0.1, -0.05) is 26.0 Å². The lowest BCUT2D eigenvalue weighted by Crippen LogP contribution is -2.31. The lowest BCUT2D eigenvalue weighted by atomic mass is 9.79. The van der Waals surface area contributed by atoms with Gasteiger partial charge in [0.15, 0.2) is 0 Å². The molecular formula is C23H34N2O3.